The van der Waals surface area contributed by atoms with Crippen LogP contribution in [0.25, 0.3) is 5.76 Å². The zero-order valence-corrected chi connectivity index (χ0v) is 6.07. The first-order valence-electron chi connectivity index (χ1n) is 3.37. The first kappa shape index (κ1) is 6.91. The van der Waals surface area contributed by atoms with Crippen molar-refractivity contribution in [1.29, 1.82) is 0 Å². The van der Waals surface area contributed by atoms with Crippen molar-refractivity contribution in [3.8, 4) is 5.75 Å². The van der Waals surface area contributed by atoms with Crippen molar-refractivity contribution in [2.45, 2.75) is 0 Å². The van der Waals surface area contributed by atoms with Crippen LogP contribution in [0.1, 0.15) is 15.9 Å². The van der Waals surface area contributed by atoms with E-state index in [9.17, 15) is 9.90 Å². The number of hydrogen-bond donors (Lipinski definition) is 1. The minimum atomic E-state index is -0.597. The Morgan fingerprint density at radius 1 is 1.42 bits per heavy atom. The Labute approximate surface area is 68.9 Å². The maximum atomic E-state index is 11.0. The molecule has 1 N–H and O–H groups in total. The summed E-state index contributed by atoms with van der Waals surface area (Å²) in [5.74, 6) is -0.649. The van der Waals surface area contributed by atoms with Crippen molar-refractivity contribution in [3.05, 3.63) is 35.9 Å². The van der Waals surface area contributed by atoms with Crippen LogP contribution in [0.5, 0.6) is 5.75 Å². The molecule has 1 aliphatic rings. The number of cyclic esters (lactones) is 1. The fraction of sp³-hybridized carbons (Fsp3) is 0. The molecule has 0 fully saturated rings. The van der Waals surface area contributed by atoms with E-state index in [1.807, 2.05) is 0 Å². The topological polar surface area (TPSA) is 46.5 Å². The average Bonchev–Trinajstić information content (AvgIpc) is 2.29. The molecule has 1 radical (unpaired) electrons. The van der Waals surface area contributed by atoms with Crippen molar-refractivity contribution >= 4 is 11.7 Å². The minimum absolute atomic E-state index is 0.0471. The van der Waals surface area contributed by atoms with Crippen LogP contribution in [0.3, 0.4) is 0 Å². The number of hydrogen-bond acceptors (Lipinski definition) is 3. The second kappa shape index (κ2) is 2.11. The number of carbonyl (C=O) groups is 1. The molecule has 3 nitrogen and oxygen atoms in total. The van der Waals surface area contributed by atoms with E-state index in [-0.39, 0.29) is 17.1 Å². The molecule has 0 saturated carbocycles. The standard InChI is InChI=1S/C9H5O3/c1-5-6-3-2-4-7(10)8(6)9(11)12-5/h1-4,10H. The van der Waals surface area contributed by atoms with Gasteiger partial charge in [0.1, 0.15) is 17.1 Å². The summed E-state index contributed by atoms with van der Waals surface area (Å²) >= 11 is 0. The summed E-state index contributed by atoms with van der Waals surface area (Å²) in [6.07, 6.45) is 0. The Morgan fingerprint density at radius 3 is 2.83 bits per heavy atom. The molecule has 0 amide bonds. The van der Waals surface area contributed by atoms with Crippen LogP contribution in [0.15, 0.2) is 18.2 Å². The second-order valence-electron chi connectivity index (χ2n) is 2.45. The first-order valence-corrected chi connectivity index (χ1v) is 3.37. The van der Waals surface area contributed by atoms with E-state index in [1.54, 1.807) is 12.1 Å². The monoisotopic (exact) mass is 161 g/mol. The number of ether oxygens (including phenoxy) is 1. The van der Waals surface area contributed by atoms with Gasteiger partial charge in [0.2, 0.25) is 0 Å². The fourth-order valence-electron chi connectivity index (χ4n) is 1.17. The molecule has 0 spiro atoms. The summed E-state index contributed by atoms with van der Waals surface area (Å²) in [7, 11) is 0. The molecule has 12 heavy (non-hydrogen) atoms. The van der Waals surface area contributed by atoms with Gasteiger partial charge in [-0.1, -0.05) is 12.1 Å². The van der Waals surface area contributed by atoms with Crippen LogP contribution >= 0.6 is 0 Å². The second-order valence-corrected chi connectivity index (χ2v) is 2.45. The number of rotatable bonds is 0. The highest BCUT2D eigenvalue weighted by Gasteiger charge is 2.27. The van der Waals surface area contributed by atoms with Gasteiger partial charge in [-0.3, -0.25) is 0 Å². The smallest absolute Gasteiger partial charge is 0.348 e. The molecule has 1 heterocycles. The Kier molecular flexibility index (Phi) is 1.21. The van der Waals surface area contributed by atoms with E-state index in [0.717, 1.165) is 0 Å². The van der Waals surface area contributed by atoms with Gasteiger partial charge in [-0.05, 0) is 12.6 Å². The van der Waals surface area contributed by atoms with Crippen molar-refractivity contribution < 1.29 is 14.6 Å². The Bertz CT molecular complexity index is 379. The van der Waals surface area contributed by atoms with Crippen LogP contribution in [-0.2, 0) is 4.74 Å². The van der Waals surface area contributed by atoms with Crippen molar-refractivity contribution in [2.24, 2.45) is 0 Å². The van der Waals surface area contributed by atoms with Gasteiger partial charge in [0.05, 0.1) is 0 Å². The largest absolute Gasteiger partial charge is 0.507 e. The molecule has 0 saturated heterocycles. The van der Waals surface area contributed by atoms with E-state index >= 15 is 0 Å². The first-order chi connectivity index (χ1) is 5.70. The molecule has 1 aromatic carbocycles. The Morgan fingerprint density at radius 2 is 2.17 bits per heavy atom. The molecule has 0 aromatic heterocycles. The van der Waals surface area contributed by atoms with Crippen LogP contribution in [0.2, 0.25) is 0 Å². The van der Waals surface area contributed by atoms with Gasteiger partial charge in [-0.15, -0.1) is 0 Å². The lowest BCUT2D eigenvalue weighted by atomic mass is 10.1. The zero-order chi connectivity index (χ0) is 8.72. The molecular weight excluding hydrogens is 156 g/mol. The molecule has 2 rings (SSSR count). The summed E-state index contributed by atoms with van der Waals surface area (Å²) in [5.41, 5.74) is 0.606. The van der Waals surface area contributed by atoms with E-state index in [4.69, 9.17) is 6.58 Å². The zero-order valence-electron chi connectivity index (χ0n) is 6.07. The van der Waals surface area contributed by atoms with Crippen molar-refractivity contribution in [3.63, 3.8) is 0 Å². The highest BCUT2D eigenvalue weighted by Crippen LogP contribution is 2.33. The fourth-order valence-corrected chi connectivity index (χ4v) is 1.17. The lowest BCUT2D eigenvalue weighted by Gasteiger charge is -1.95. The number of fused-ring (bicyclic) bond motifs is 1. The summed E-state index contributed by atoms with van der Waals surface area (Å²) in [6, 6.07) is 4.64. The van der Waals surface area contributed by atoms with Crippen molar-refractivity contribution in [1.82, 2.24) is 0 Å². The lowest BCUT2D eigenvalue weighted by Crippen LogP contribution is -1.93. The molecular formula is C9H5O3. The number of phenols is 1. The summed E-state index contributed by atoms with van der Waals surface area (Å²) in [6.45, 7) is 5.37. The highest BCUT2D eigenvalue weighted by molar-refractivity contribution is 6.04. The normalized spacial score (nSPS) is 14.3. The number of carbonyl (C=O) groups excluding carboxylic acids is 1. The number of benzene rings is 1. The van der Waals surface area contributed by atoms with E-state index in [0.29, 0.717) is 5.56 Å². The predicted octanol–water partition coefficient (Wildman–Crippen LogP) is 1.34. The van der Waals surface area contributed by atoms with Gasteiger partial charge in [-0.25, -0.2) is 4.79 Å². The third-order valence-corrected chi connectivity index (χ3v) is 1.71. The third kappa shape index (κ3) is 0.733. The van der Waals surface area contributed by atoms with Crippen LogP contribution in [0.4, 0.5) is 0 Å². The molecule has 1 aromatic rings. The maximum absolute atomic E-state index is 11.0. The molecule has 3 heteroatoms. The summed E-state index contributed by atoms with van der Waals surface area (Å²) in [4.78, 5) is 11.0. The summed E-state index contributed by atoms with van der Waals surface area (Å²) in [5, 5.41) is 9.25. The predicted molar refractivity (Wildman–Crippen MR) is 41.2 cm³/mol. The SMILES string of the molecule is [CH]=C1OC(=O)c2c(O)cccc21. The lowest BCUT2D eigenvalue weighted by molar-refractivity contribution is 0.0713. The van der Waals surface area contributed by atoms with Crippen LogP contribution in [0, 0.1) is 6.58 Å². The number of phenolic OH excluding ortho intramolecular Hbond substituents is 1. The average molecular weight is 161 g/mol. The minimum Gasteiger partial charge on any atom is -0.507 e. The van der Waals surface area contributed by atoms with Gasteiger partial charge in [0.25, 0.3) is 0 Å². The van der Waals surface area contributed by atoms with Crippen molar-refractivity contribution in [2.75, 3.05) is 0 Å². The van der Waals surface area contributed by atoms with E-state index in [2.05, 4.69) is 4.74 Å². The summed E-state index contributed by atoms with van der Waals surface area (Å²) < 4.78 is 4.61. The van der Waals surface area contributed by atoms with E-state index < -0.39 is 5.97 Å². The number of aromatic hydroxyl groups is 1. The molecule has 0 aliphatic carbocycles. The molecule has 1 aliphatic heterocycles. The number of esters is 1. The van der Waals surface area contributed by atoms with Crippen LogP contribution < -0.4 is 0 Å². The van der Waals surface area contributed by atoms with Crippen LogP contribution in [-0.4, -0.2) is 11.1 Å². The van der Waals surface area contributed by atoms with Gasteiger partial charge in [-0.2, -0.15) is 0 Å². The van der Waals surface area contributed by atoms with Gasteiger partial charge in [0.15, 0.2) is 0 Å². The van der Waals surface area contributed by atoms with Gasteiger partial charge < -0.3 is 9.84 Å². The van der Waals surface area contributed by atoms with Gasteiger partial charge in [0, 0.05) is 5.56 Å². The van der Waals surface area contributed by atoms with E-state index in [1.165, 1.54) is 6.07 Å². The quantitative estimate of drug-likeness (QED) is 0.584. The maximum Gasteiger partial charge on any atom is 0.348 e. The Balaban J connectivity index is 2.75. The highest BCUT2D eigenvalue weighted by atomic mass is 16.5. The Hall–Kier alpha value is -1.77. The third-order valence-electron chi connectivity index (χ3n) is 1.71. The molecule has 59 valence electrons. The van der Waals surface area contributed by atoms with Gasteiger partial charge >= 0.3 is 5.97 Å². The molecule has 0 bridgehead atoms. The molecule has 0 unspecified atom stereocenters. The molecule has 0 atom stereocenters.